The number of aryl methyl sites for hydroxylation is 2. The number of aromatic nitrogens is 2. The van der Waals surface area contributed by atoms with Crippen molar-refractivity contribution in [2.24, 2.45) is 5.92 Å². The van der Waals surface area contributed by atoms with Gasteiger partial charge in [0.15, 0.2) is 0 Å². The first-order valence-electron chi connectivity index (χ1n) is 7.36. The van der Waals surface area contributed by atoms with Gasteiger partial charge < -0.3 is 5.32 Å². The van der Waals surface area contributed by atoms with E-state index in [0.717, 1.165) is 48.4 Å². The monoisotopic (exact) mass is 281 g/mol. The van der Waals surface area contributed by atoms with Gasteiger partial charge in [0.05, 0.1) is 16.4 Å². The molecule has 0 fully saturated rings. The predicted octanol–water partition coefficient (Wildman–Crippen LogP) is 3.56. The molecule has 0 radical (unpaired) electrons. The average Bonchev–Trinajstić information content (AvgIpc) is 2.76. The Labute approximate surface area is 121 Å². The first kappa shape index (κ1) is 14.6. The Morgan fingerprint density at radius 1 is 1.42 bits per heavy atom. The zero-order valence-electron chi connectivity index (χ0n) is 12.0. The highest BCUT2D eigenvalue weighted by Crippen LogP contribution is 2.22. The summed E-state index contributed by atoms with van der Waals surface area (Å²) in [7, 11) is 0. The average molecular weight is 282 g/mol. The topological polar surface area (TPSA) is 29.9 Å². The lowest BCUT2D eigenvalue weighted by molar-refractivity contribution is 0.434. The summed E-state index contributed by atoms with van der Waals surface area (Å²) in [5, 5.41) is 8.94. The van der Waals surface area contributed by atoms with Gasteiger partial charge in [-0.05, 0) is 45.1 Å². The largest absolute Gasteiger partial charge is 0.311 e. The van der Waals surface area contributed by atoms with Crippen LogP contribution in [0.2, 0.25) is 5.02 Å². The lowest BCUT2D eigenvalue weighted by atomic mass is 9.94. The summed E-state index contributed by atoms with van der Waals surface area (Å²) >= 11 is 6.40. The molecule has 1 aromatic heterocycles. The second kappa shape index (κ2) is 7.11. The molecular formula is C15H24ClN3. The Morgan fingerprint density at radius 2 is 2.26 bits per heavy atom. The third-order valence-corrected chi connectivity index (χ3v) is 4.23. The summed E-state index contributed by atoms with van der Waals surface area (Å²) in [4.78, 5) is 0. The van der Waals surface area contributed by atoms with E-state index in [1.807, 2.05) is 4.68 Å². The maximum absolute atomic E-state index is 6.40. The van der Waals surface area contributed by atoms with E-state index in [0.29, 0.717) is 0 Å². The quantitative estimate of drug-likeness (QED) is 0.808. The van der Waals surface area contributed by atoms with E-state index in [9.17, 15) is 0 Å². The number of nitrogens with one attached hydrogen (secondary N) is 1. The van der Waals surface area contributed by atoms with Crippen molar-refractivity contribution in [3.05, 3.63) is 28.6 Å². The van der Waals surface area contributed by atoms with Crippen molar-refractivity contribution in [1.82, 2.24) is 15.1 Å². The lowest BCUT2D eigenvalue weighted by Gasteiger charge is -2.18. The van der Waals surface area contributed by atoms with Crippen LogP contribution in [0.3, 0.4) is 0 Å². The van der Waals surface area contributed by atoms with Gasteiger partial charge in [-0.1, -0.05) is 30.7 Å². The molecule has 0 spiro atoms. The van der Waals surface area contributed by atoms with Crippen LogP contribution in [0.4, 0.5) is 0 Å². The highest BCUT2D eigenvalue weighted by Gasteiger charge is 2.15. The number of hydrogen-bond acceptors (Lipinski definition) is 2. The van der Waals surface area contributed by atoms with Crippen LogP contribution in [0.1, 0.15) is 44.5 Å². The van der Waals surface area contributed by atoms with Crippen molar-refractivity contribution < 1.29 is 0 Å². The second-order valence-corrected chi connectivity index (χ2v) is 5.54. The van der Waals surface area contributed by atoms with Crippen molar-refractivity contribution >= 4 is 11.6 Å². The van der Waals surface area contributed by atoms with Crippen molar-refractivity contribution in [3.8, 4) is 0 Å². The lowest BCUT2D eigenvalue weighted by Crippen LogP contribution is -2.24. The van der Waals surface area contributed by atoms with Crippen molar-refractivity contribution in [3.63, 3.8) is 0 Å². The molecule has 1 aliphatic carbocycles. The van der Waals surface area contributed by atoms with E-state index in [4.69, 9.17) is 11.6 Å². The fourth-order valence-corrected chi connectivity index (χ4v) is 2.96. The first-order valence-corrected chi connectivity index (χ1v) is 7.73. The van der Waals surface area contributed by atoms with Crippen LogP contribution >= 0.6 is 11.6 Å². The van der Waals surface area contributed by atoms with Crippen LogP contribution in [-0.4, -0.2) is 16.3 Å². The van der Waals surface area contributed by atoms with Gasteiger partial charge in [-0.25, -0.2) is 0 Å². The molecule has 19 heavy (non-hydrogen) atoms. The molecular weight excluding hydrogens is 258 g/mol. The van der Waals surface area contributed by atoms with E-state index in [-0.39, 0.29) is 0 Å². The predicted molar refractivity (Wildman–Crippen MR) is 80.5 cm³/mol. The fourth-order valence-electron chi connectivity index (χ4n) is 2.62. The standard InChI is InChI=1S/C15H24ClN3/c1-3-13-15(16)14(19(4-2)18-13)11-17-10-12-8-6-5-7-9-12/h5-6,12,17H,3-4,7-11H2,1-2H3. The molecule has 0 bridgehead atoms. The number of rotatable bonds is 6. The van der Waals surface area contributed by atoms with Crippen LogP contribution in [-0.2, 0) is 19.5 Å². The summed E-state index contributed by atoms with van der Waals surface area (Å²) in [5.41, 5.74) is 2.15. The molecule has 1 atom stereocenters. The normalized spacial score (nSPS) is 19.0. The highest BCUT2D eigenvalue weighted by atomic mass is 35.5. The molecule has 1 heterocycles. The molecule has 1 N–H and O–H groups in total. The summed E-state index contributed by atoms with van der Waals surface area (Å²) in [6, 6.07) is 0. The fraction of sp³-hybridized carbons (Fsp3) is 0.667. The minimum Gasteiger partial charge on any atom is -0.311 e. The maximum atomic E-state index is 6.40. The van der Waals surface area contributed by atoms with Crippen molar-refractivity contribution in [1.29, 1.82) is 0 Å². The van der Waals surface area contributed by atoms with Gasteiger partial charge in [-0.3, -0.25) is 4.68 Å². The Bertz CT molecular complexity index is 437. The number of hydrogen-bond donors (Lipinski definition) is 1. The summed E-state index contributed by atoms with van der Waals surface area (Å²) < 4.78 is 2.02. The third-order valence-electron chi connectivity index (χ3n) is 3.80. The number of nitrogens with zero attached hydrogens (tertiary/aromatic N) is 2. The maximum Gasteiger partial charge on any atom is 0.0863 e. The van der Waals surface area contributed by atoms with Gasteiger partial charge in [0.2, 0.25) is 0 Å². The molecule has 1 aliphatic rings. The van der Waals surface area contributed by atoms with Gasteiger partial charge in [-0.15, -0.1) is 0 Å². The Kier molecular flexibility index (Phi) is 5.46. The number of halogens is 1. The smallest absolute Gasteiger partial charge is 0.0863 e. The summed E-state index contributed by atoms with van der Waals surface area (Å²) in [6.45, 7) is 6.97. The highest BCUT2D eigenvalue weighted by molar-refractivity contribution is 6.31. The first-order chi connectivity index (χ1) is 9.26. The van der Waals surface area contributed by atoms with Crippen LogP contribution in [0.25, 0.3) is 0 Å². The van der Waals surface area contributed by atoms with E-state index in [2.05, 4.69) is 36.4 Å². The van der Waals surface area contributed by atoms with Gasteiger partial charge >= 0.3 is 0 Å². The molecule has 0 amide bonds. The van der Waals surface area contributed by atoms with Gasteiger partial charge in [0.25, 0.3) is 0 Å². The van der Waals surface area contributed by atoms with Gasteiger partial charge in [-0.2, -0.15) is 5.10 Å². The van der Waals surface area contributed by atoms with Crippen LogP contribution in [0.5, 0.6) is 0 Å². The molecule has 4 heteroatoms. The number of allylic oxidation sites excluding steroid dienone is 2. The third kappa shape index (κ3) is 3.61. The van der Waals surface area contributed by atoms with E-state index in [1.54, 1.807) is 0 Å². The van der Waals surface area contributed by atoms with Crippen LogP contribution < -0.4 is 5.32 Å². The van der Waals surface area contributed by atoms with Gasteiger partial charge in [0, 0.05) is 13.1 Å². The van der Waals surface area contributed by atoms with Gasteiger partial charge in [0.1, 0.15) is 0 Å². The molecule has 0 aliphatic heterocycles. The van der Waals surface area contributed by atoms with E-state index >= 15 is 0 Å². The molecule has 0 aromatic carbocycles. The zero-order valence-corrected chi connectivity index (χ0v) is 12.7. The summed E-state index contributed by atoms with van der Waals surface area (Å²) in [5.74, 6) is 0.771. The zero-order chi connectivity index (χ0) is 13.7. The van der Waals surface area contributed by atoms with Crippen molar-refractivity contribution in [2.75, 3.05) is 6.54 Å². The molecule has 1 unspecified atom stereocenters. The molecule has 3 nitrogen and oxygen atoms in total. The van der Waals surface area contributed by atoms with Crippen molar-refractivity contribution in [2.45, 2.75) is 52.6 Å². The minimum absolute atomic E-state index is 0.771. The molecule has 0 saturated heterocycles. The summed E-state index contributed by atoms with van der Waals surface area (Å²) in [6.07, 6.45) is 9.20. The van der Waals surface area contributed by atoms with E-state index < -0.39 is 0 Å². The van der Waals surface area contributed by atoms with Crippen LogP contribution in [0, 0.1) is 5.92 Å². The molecule has 1 aromatic rings. The molecule has 2 rings (SSSR count). The Balaban J connectivity index is 1.91. The van der Waals surface area contributed by atoms with Crippen LogP contribution in [0.15, 0.2) is 12.2 Å². The molecule has 0 saturated carbocycles. The Hall–Kier alpha value is -0.800. The Morgan fingerprint density at radius 3 is 2.89 bits per heavy atom. The molecule has 106 valence electrons. The SMILES string of the molecule is CCc1nn(CC)c(CNCC2CC=CCC2)c1Cl. The minimum atomic E-state index is 0.771. The second-order valence-electron chi connectivity index (χ2n) is 5.16. The van der Waals surface area contributed by atoms with E-state index in [1.165, 1.54) is 19.3 Å².